The summed E-state index contributed by atoms with van der Waals surface area (Å²) in [5.41, 5.74) is 0. The summed E-state index contributed by atoms with van der Waals surface area (Å²) in [7, 11) is 1.83. The summed E-state index contributed by atoms with van der Waals surface area (Å²) in [5.74, 6) is 0.0298. The van der Waals surface area contributed by atoms with E-state index in [2.05, 4.69) is 16.7 Å². The molecule has 1 aliphatic rings. The van der Waals surface area contributed by atoms with Gasteiger partial charge in [0.25, 0.3) is 0 Å². The monoisotopic (exact) mass is 209 g/mol. The Balaban J connectivity index is 2.41. The molecule has 0 aromatic heterocycles. The van der Waals surface area contributed by atoms with Gasteiger partial charge in [-0.3, -0.25) is 4.79 Å². The van der Waals surface area contributed by atoms with Crippen molar-refractivity contribution in [3.63, 3.8) is 0 Å². The molecule has 84 valence electrons. The first-order chi connectivity index (χ1) is 7.19. The minimum atomic E-state index is -0.0325. The largest absolute Gasteiger partial charge is 0.352 e. The second kappa shape index (κ2) is 5.72. The maximum atomic E-state index is 11.7. The Kier molecular flexibility index (Phi) is 4.57. The van der Waals surface area contributed by atoms with E-state index in [9.17, 15) is 4.79 Å². The molecule has 1 aliphatic carbocycles. The quantitative estimate of drug-likeness (QED) is 0.714. The standard InChI is InChI=1S/C11H19N3O/c1-8(7-13-2)11(15)14-10-5-3-4-9(10)6-12/h8-10,13H,3-5,7H2,1-2H3,(H,14,15). The van der Waals surface area contributed by atoms with Crippen LogP contribution in [0.25, 0.3) is 0 Å². The van der Waals surface area contributed by atoms with Crippen molar-refractivity contribution >= 4 is 5.91 Å². The number of carbonyl (C=O) groups excluding carboxylic acids is 1. The first-order valence-corrected chi connectivity index (χ1v) is 5.53. The first kappa shape index (κ1) is 12.0. The lowest BCUT2D eigenvalue weighted by molar-refractivity contribution is -0.125. The van der Waals surface area contributed by atoms with Crippen LogP contribution in [0, 0.1) is 23.2 Å². The highest BCUT2D eigenvalue weighted by Crippen LogP contribution is 2.24. The highest BCUT2D eigenvalue weighted by molar-refractivity contribution is 5.78. The van der Waals surface area contributed by atoms with Crippen LogP contribution in [-0.4, -0.2) is 25.5 Å². The van der Waals surface area contributed by atoms with Crippen molar-refractivity contribution in [2.24, 2.45) is 11.8 Å². The second-order valence-corrected chi connectivity index (χ2v) is 4.24. The fourth-order valence-corrected chi connectivity index (χ4v) is 2.01. The third-order valence-corrected chi connectivity index (χ3v) is 2.97. The molecule has 2 N–H and O–H groups in total. The minimum absolute atomic E-state index is 0.00994. The molecule has 1 fully saturated rings. The molecule has 0 aliphatic heterocycles. The Labute approximate surface area is 91.0 Å². The molecule has 3 atom stereocenters. The van der Waals surface area contributed by atoms with Gasteiger partial charge in [0, 0.05) is 18.5 Å². The number of hydrogen-bond acceptors (Lipinski definition) is 3. The number of rotatable bonds is 4. The number of nitriles is 1. The highest BCUT2D eigenvalue weighted by Gasteiger charge is 2.29. The van der Waals surface area contributed by atoms with Crippen LogP contribution >= 0.6 is 0 Å². The number of amides is 1. The van der Waals surface area contributed by atoms with Crippen molar-refractivity contribution in [2.45, 2.75) is 32.2 Å². The number of hydrogen-bond donors (Lipinski definition) is 2. The first-order valence-electron chi connectivity index (χ1n) is 5.53. The predicted molar refractivity (Wildman–Crippen MR) is 58.0 cm³/mol. The van der Waals surface area contributed by atoms with Gasteiger partial charge in [-0.15, -0.1) is 0 Å². The zero-order chi connectivity index (χ0) is 11.3. The number of nitrogens with one attached hydrogen (secondary N) is 2. The van der Waals surface area contributed by atoms with E-state index >= 15 is 0 Å². The van der Waals surface area contributed by atoms with Gasteiger partial charge >= 0.3 is 0 Å². The van der Waals surface area contributed by atoms with Gasteiger partial charge in [0.1, 0.15) is 0 Å². The molecule has 1 rings (SSSR count). The fourth-order valence-electron chi connectivity index (χ4n) is 2.01. The lowest BCUT2D eigenvalue weighted by atomic mass is 10.0. The van der Waals surface area contributed by atoms with Crippen molar-refractivity contribution in [1.82, 2.24) is 10.6 Å². The molecule has 3 unspecified atom stereocenters. The maximum absolute atomic E-state index is 11.7. The minimum Gasteiger partial charge on any atom is -0.352 e. The van der Waals surface area contributed by atoms with Crippen LogP contribution in [0.1, 0.15) is 26.2 Å². The second-order valence-electron chi connectivity index (χ2n) is 4.24. The van der Waals surface area contributed by atoms with E-state index < -0.39 is 0 Å². The molecule has 15 heavy (non-hydrogen) atoms. The summed E-state index contributed by atoms with van der Waals surface area (Å²) in [5, 5.41) is 14.8. The summed E-state index contributed by atoms with van der Waals surface area (Å²) in [6.45, 7) is 2.57. The van der Waals surface area contributed by atoms with Crippen molar-refractivity contribution < 1.29 is 4.79 Å². The van der Waals surface area contributed by atoms with E-state index in [1.54, 1.807) is 0 Å². The van der Waals surface area contributed by atoms with Crippen LogP contribution in [0.3, 0.4) is 0 Å². The van der Waals surface area contributed by atoms with E-state index in [1.807, 2.05) is 14.0 Å². The van der Waals surface area contributed by atoms with Crippen LogP contribution in [0.15, 0.2) is 0 Å². The van der Waals surface area contributed by atoms with Gasteiger partial charge in [0.05, 0.1) is 12.0 Å². The molecular weight excluding hydrogens is 190 g/mol. The van der Waals surface area contributed by atoms with Gasteiger partial charge in [-0.25, -0.2) is 0 Å². The third-order valence-electron chi connectivity index (χ3n) is 2.97. The summed E-state index contributed by atoms with van der Waals surface area (Å²) in [6, 6.07) is 2.33. The summed E-state index contributed by atoms with van der Waals surface area (Å²) >= 11 is 0. The zero-order valence-electron chi connectivity index (χ0n) is 9.42. The molecule has 0 bridgehead atoms. The van der Waals surface area contributed by atoms with E-state index in [0.29, 0.717) is 6.54 Å². The van der Waals surface area contributed by atoms with Crippen molar-refractivity contribution in [3.8, 4) is 6.07 Å². The van der Waals surface area contributed by atoms with Gasteiger partial charge in [0.15, 0.2) is 0 Å². The maximum Gasteiger partial charge on any atom is 0.224 e. The van der Waals surface area contributed by atoms with Crippen molar-refractivity contribution in [3.05, 3.63) is 0 Å². The zero-order valence-corrected chi connectivity index (χ0v) is 9.42. The lowest BCUT2D eigenvalue weighted by Crippen LogP contribution is -2.42. The van der Waals surface area contributed by atoms with E-state index in [-0.39, 0.29) is 23.8 Å². The molecule has 4 heteroatoms. The van der Waals surface area contributed by atoms with Crippen LogP contribution in [0.2, 0.25) is 0 Å². The van der Waals surface area contributed by atoms with E-state index in [0.717, 1.165) is 19.3 Å². The Hall–Kier alpha value is -1.08. The van der Waals surface area contributed by atoms with E-state index in [4.69, 9.17) is 5.26 Å². The molecule has 0 radical (unpaired) electrons. The lowest BCUT2D eigenvalue weighted by Gasteiger charge is -2.18. The average Bonchev–Trinajstić information content (AvgIpc) is 2.65. The van der Waals surface area contributed by atoms with Gasteiger partial charge in [0.2, 0.25) is 5.91 Å². The molecule has 0 heterocycles. The van der Waals surface area contributed by atoms with Gasteiger partial charge in [-0.2, -0.15) is 5.26 Å². The van der Waals surface area contributed by atoms with Crippen molar-refractivity contribution in [2.75, 3.05) is 13.6 Å². The predicted octanol–water partition coefficient (Wildman–Crippen LogP) is 0.650. The summed E-state index contributed by atoms with van der Waals surface area (Å²) < 4.78 is 0. The molecular formula is C11H19N3O. The topological polar surface area (TPSA) is 64.9 Å². The summed E-state index contributed by atoms with van der Waals surface area (Å²) in [4.78, 5) is 11.7. The summed E-state index contributed by atoms with van der Waals surface area (Å²) in [6.07, 6.45) is 2.90. The molecule has 0 aromatic rings. The molecule has 0 spiro atoms. The highest BCUT2D eigenvalue weighted by atomic mass is 16.1. The smallest absolute Gasteiger partial charge is 0.224 e. The Morgan fingerprint density at radius 3 is 2.93 bits per heavy atom. The molecule has 1 saturated carbocycles. The Bertz CT molecular complexity index is 259. The van der Waals surface area contributed by atoms with Crippen LogP contribution in [0.4, 0.5) is 0 Å². The number of carbonyl (C=O) groups is 1. The number of nitrogens with zero attached hydrogens (tertiary/aromatic N) is 1. The van der Waals surface area contributed by atoms with Crippen molar-refractivity contribution in [1.29, 1.82) is 5.26 Å². The van der Waals surface area contributed by atoms with Crippen LogP contribution in [-0.2, 0) is 4.79 Å². The van der Waals surface area contributed by atoms with Gasteiger partial charge in [-0.1, -0.05) is 6.92 Å². The SMILES string of the molecule is CNCC(C)C(=O)NC1CCCC1C#N. The average molecular weight is 209 g/mol. The van der Waals surface area contributed by atoms with Crippen LogP contribution < -0.4 is 10.6 Å². The fraction of sp³-hybridized carbons (Fsp3) is 0.818. The van der Waals surface area contributed by atoms with E-state index in [1.165, 1.54) is 0 Å². The third kappa shape index (κ3) is 3.21. The van der Waals surface area contributed by atoms with Crippen LogP contribution in [0.5, 0.6) is 0 Å². The molecule has 4 nitrogen and oxygen atoms in total. The molecule has 1 amide bonds. The Morgan fingerprint density at radius 1 is 1.60 bits per heavy atom. The molecule has 0 aromatic carbocycles. The van der Waals surface area contributed by atoms with Gasteiger partial charge < -0.3 is 10.6 Å². The Morgan fingerprint density at radius 2 is 2.33 bits per heavy atom. The normalized spacial score (nSPS) is 27.0. The molecule has 0 saturated heterocycles. The van der Waals surface area contributed by atoms with Gasteiger partial charge in [-0.05, 0) is 26.3 Å².